The second-order valence-corrected chi connectivity index (χ2v) is 9.33. The van der Waals surface area contributed by atoms with E-state index in [2.05, 4.69) is 4.98 Å². The van der Waals surface area contributed by atoms with Gasteiger partial charge in [0.2, 0.25) is 5.95 Å². The number of amides is 1. The Morgan fingerprint density at radius 2 is 1.97 bits per heavy atom. The number of hydrogen-bond donors (Lipinski definition) is 1. The molecule has 160 valence electrons. The molecule has 1 aromatic carbocycles. The molecule has 30 heavy (non-hydrogen) atoms. The third kappa shape index (κ3) is 4.35. The molecule has 0 bridgehead atoms. The van der Waals surface area contributed by atoms with Crippen LogP contribution in [0.25, 0.3) is 0 Å². The summed E-state index contributed by atoms with van der Waals surface area (Å²) in [6, 6.07) is 9.92. The van der Waals surface area contributed by atoms with Crippen molar-refractivity contribution in [2.75, 3.05) is 12.3 Å². The van der Waals surface area contributed by atoms with Gasteiger partial charge in [0.1, 0.15) is 5.60 Å². The third-order valence-corrected chi connectivity index (χ3v) is 5.70. The molecule has 1 saturated carbocycles. The maximum absolute atomic E-state index is 13.5. The van der Waals surface area contributed by atoms with Crippen molar-refractivity contribution in [1.29, 1.82) is 0 Å². The van der Waals surface area contributed by atoms with Crippen LogP contribution in [0.15, 0.2) is 35.1 Å². The number of carbonyl (C=O) groups is 1. The Balaban J connectivity index is 1.66. The minimum atomic E-state index is -0.571. The van der Waals surface area contributed by atoms with Gasteiger partial charge in [-0.05, 0) is 45.1 Å². The van der Waals surface area contributed by atoms with Crippen LogP contribution in [0.1, 0.15) is 62.9 Å². The van der Waals surface area contributed by atoms with Gasteiger partial charge in [-0.2, -0.15) is 0 Å². The van der Waals surface area contributed by atoms with Crippen LogP contribution in [-0.2, 0) is 17.7 Å². The minimum absolute atomic E-state index is 0.0872. The average molecular weight is 411 g/mol. The van der Waals surface area contributed by atoms with Crippen LogP contribution in [0.2, 0.25) is 0 Å². The fourth-order valence-electron chi connectivity index (χ4n) is 4.04. The molecule has 2 aromatic rings. The molecule has 7 nitrogen and oxygen atoms in total. The van der Waals surface area contributed by atoms with Crippen LogP contribution in [-0.4, -0.2) is 32.7 Å². The van der Waals surface area contributed by atoms with Crippen LogP contribution in [0.3, 0.4) is 0 Å². The van der Waals surface area contributed by atoms with E-state index in [0.29, 0.717) is 30.1 Å². The molecule has 7 heteroatoms. The number of hydrogen-bond acceptors (Lipinski definition) is 5. The lowest BCUT2D eigenvalue weighted by Gasteiger charge is -2.31. The zero-order chi connectivity index (χ0) is 21.5. The number of nitrogen functional groups attached to an aromatic ring is 1. The van der Waals surface area contributed by atoms with Crippen LogP contribution in [0.5, 0.6) is 0 Å². The Hall–Kier alpha value is -2.83. The van der Waals surface area contributed by atoms with E-state index in [1.54, 1.807) is 9.47 Å². The van der Waals surface area contributed by atoms with Gasteiger partial charge in [0.05, 0.1) is 18.3 Å². The topological polar surface area (TPSA) is 90.4 Å². The van der Waals surface area contributed by atoms with E-state index in [4.69, 9.17) is 10.5 Å². The first kappa shape index (κ1) is 20.4. The fraction of sp³-hybridized carbons (Fsp3) is 0.522. The lowest BCUT2D eigenvalue weighted by molar-refractivity contribution is 0.0220. The molecule has 0 spiro atoms. The zero-order valence-electron chi connectivity index (χ0n) is 17.9. The van der Waals surface area contributed by atoms with Crippen molar-refractivity contribution in [2.45, 2.75) is 64.6 Å². The van der Waals surface area contributed by atoms with Gasteiger partial charge in [0.25, 0.3) is 5.56 Å². The van der Waals surface area contributed by atoms with Crippen LogP contribution in [0.4, 0.5) is 10.7 Å². The highest BCUT2D eigenvalue weighted by atomic mass is 16.6. The molecular formula is C23H30N4O3. The number of benzene rings is 1. The average Bonchev–Trinajstić information content (AvgIpc) is 3.50. The molecule has 1 aliphatic heterocycles. The molecule has 1 aliphatic carbocycles. The monoisotopic (exact) mass is 410 g/mol. The molecule has 2 heterocycles. The summed E-state index contributed by atoms with van der Waals surface area (Å²) in [6.07, 6.45) is 3.33. The second-order valence-electron chi connectivity index (χ2n) is 9.33. The number of rotatable bonds is 4. The molecule has 1 aromatic heterocycles. The minimum Gasteiger partial charge on any atom is -0.444 e. The first-order chi connectivity index (χ1) is 14.2. The number of fused-ring (bicyclic) bond motifs is 1. The van der Waals surface area contributed by atoms with Gasteiger partial charge in [-0.15, -0.1) is 0 Å². The van der Waals surface area contributed by atoms with Gasteiger partial charge < -0.3 is 15.4 Å². The Kier molecular flexibility index (Phi) is 5.30. The van der Waals surface area contributed by atoms with Gasteiger partial charge in [-0.25, -0.2) is 9.78 Å². The summed E-state index contributed by atoms with van der Waals surface area (Å²) < 4.78 is 7.13. The van der Waals surface area contributed by atoms with E-state index in [1.165, 1.54) is 12.8 Å². The Morgan fingerprint density at radius 3 is 2.60 bits per heavy atom. The summed E-state index contributed by atoms with van der Waals surface area (Å²) in [4.78, 5) is 32.1. The number of nitrogens with zero attached hydrogens (tertiary/aromatic N) is 3. The van der Waals surface area contributed by atoms with E-state index < -0.39 is 11.7 Å². The quantitative estimate of drug-likeness (QED) is 0.833. The number of anilines is 1. The summed E-state index contributed by atoms with van der Waals surface area (Å²) >= 11 is 0. The van der Waals surface area contributed by atoms with Gasteiger partial charge in [0.15, 0.2) is 0 Å². The molecule has 2 N–H and O–H groups in total. The highest BCUT2D eigenvalue weighted by Gasteiger charge is 2.32. The van der Waals surface area contributed by atoms with E-state index in [1.807, 2.05) is 51.1 Å². The first-order valence-electron chi connectivity index (χ1n) is 10.7. The SMILES string of the molecule is CC(C)(C)OC(=O)N1CCc2c(nc(N)n(C(CC3CC3)c3ccccc3)c2=O)C1. The molecular weight excluding hydrogens is 380 g/mol. The van der Waals surface area contributed by atoms with Crippen molar-refractivity contribution in [2.24, 2.45) is 5.92 Å². The summed E-state index contributed by atoms with van der Waals surface area (Å²) in [5, 5.41) is 0. The smallest absolute Gasteiger partial charge is 0.410 e. The predicted molar refractivity (Wildman–Crippen MR) is 115 cm³/mol. The van der Waals surface area contributed by atoms with Crippen molar-refractivity contribution in [3.8, 4) is 0 Å². The molecule has 0 saturated heterocycles. The summed E-state index contributed by atoms with van der Waals surface area (Å²) in [5.41, 5.74) is 7.96. The number of carbonyl (C=O) groups excluding carboxylic acids is 1. The molecule has 0 radical (unpaired) electrons. The Morgan fingerprint density at radius 1 is 1.27 bits per heavy atom. The second kappa shape index (κ2) is 7.78. The maximum Gasteiger partial charge on any atom is 0.410 e. The molecule has 1 fully saturated rings. The van der Waals surface area contributed by atoms with Gasteiger partial charge in [0, 0.05) is 12.1 Å². The zero-order valence-corrected chi connectivity index (χ0v) is 17.9. The number of nitrogens with two attached hydrogens (primary N) is 1. The Labute approximate surface area is 176 Å². The van der Waals surface area contributed by atoms with E-state index in [-0.39, 0.29) is 24.1 Å². The lowest BCUT2D eigenvalue weighted by atomic mass is 9.99. The van der Waals surface area contributed by atoms with Crippen LogP contribution >= 0.6 is 0 Å². The normalized spacial score (nSPS) is 17.4. The Bertz CT molecular complexity index is 990. The molecule has 4 rings (SSSR count). The third-order valence-electron chi connectivity index (χ3n) is 5.70. The largest absolute Gasteiger partial charge is 0.444 e. The molecule has 2 aliphatic rings. The highest BCUT2D eigenvalue weighted by molar-refractivity contribution is 5.68. The van der Waals surface area contributed by atoms with Gasteiger partial charge in [-0.1, -0.05) is 43.2 Å². The highest BCUT2D eigenvalue weighted by Crippen LogP contribution is 2.39. The van der Waals surface area contributed by atoms with Crippen molar-refractivity contribution < 1.29 is 9.53 Å². The first-order valence-corrected chi connectivity index (χ1v) is 10.7. The van der Waals surface area contributed by atoms with E-state index in [9.17, 15) is 9.59 Å². The van der Waals surface area contributed by atoms with E-state index >= 15 is 0 Å². The molecule has 1 amide bonds. The number of aromatic nitrogens is 2. The van der Waals surface area contributed by atoms with Crippen LogP contribution in [0, 0.1) is 5.92 Å². The van der Waals surface area contributed by atoms with Gasteiger partial charge in [-0.3, -0.25) is 9.36 Å². The number of ether oxygens (including phenoxy) is 1. The van der Waals surface area contributed by atoms with Crippen molar-refractivity contribution in [1.82, 2.24) is 14.5 Å². The summed E-state index contributed by atoms with van der Waals surface area (Å²) in [5.74, 6) is 0.833. The van der Waals surface area contributed by atoms with Crippen LogP contribution < -0.4 is 11.3 Å². The maximum atomic E-state index is 13.5. The lowest BCUT2D eigenvalue weighted by Crippen LogP contribution is -2.43. The van der Waals surface area contributed by atoms with Crippen molar-refractivity contribution >= 4 is 12.0 Å². The summed E-state index contributed by atoms with van der Waals surface area (Å²) in [6.45, 7) is 6.17. The fourth-order valence-corrected chi connectivity index (χ4v) is 4.04. The van der Waals surface area contributed by atoms with Crippen molar-refractivity contribution in [3.63, 3.8) is 0 Å². The summed E-state index contributed by atoms with van der Waals surface area (Å²) in [7, 11) is 0. The standard InChI is InChI=1S/C23H30N4O3/c1-23(2,3)30-22(29)26-12-11-17-18(14-26)25-21(24)27(20(17)28)19(13-15-9-10-15)16-7-5-4-6-8-16/h4-8,15,19H,9-14H2,1-3H3,(H2,24,25). The van der Waals surface area contributed by atoms with Gasteiger partial charge >= 0.3 is 6.09 Å². The van der Waals surface area contributed by atoms with E-state index in [0.717, 1.165) is 12.0 Å². The predicted octanol–water partition coefficient (Wildman–Crippen LogP) is 3.51. The molecule has 1 atom stereocenters. The molecule has 1 unspecified atom stereocenters. The van der Waals surface area contributed by atoms with Crippen molar-refractivity contribution in [3.05, 3.63) is 57.5 Å².